The summed E-state index contributed by atoms with van der Waals surface area (Å²) >= 11 is 1.33. The summed E-state index contributed by atoms with van der Waals surface area (Å²) in [5.41, 5.74) is 0. The zero-order chi connectivity index (χ0) is 16.7. The van der Waals surface area contributed by atoms with Crippen molar-refractivity contribution in [2.24, 2.45) is 0 Å². The quantitative estimate of drug-likeness (QED) is 0.777. The minimum absolute atomic E-state index is 0.0433. The second-order valence-electron chi connectivity index (χ2n) is 4.40. The molecule has 0 atom stereocenters. The van der Waals surface area contributed by atoms with E-state index in [0.29, 0.717) is 10.6 Å². The number of ether oxygens (including phenoxy) is 2. The number of carbonyl (C=O) groups excluding carboxylic acids is 3. The summed E-state index contributed by atoms with van der Waals surface area (Å²) in [5, 5.41) is 4.43. The van der Waals surface area contributed by atoms with Crippen molar-refractivity contribution in [3.8, 4) is 0 Å². The number of hydrogen-bond acceptors (Lipinski definition) is 7. The first-order valence-electron chi connectivity index (χ1n) is 6.74. The van der Waals surface area contributed by atoms with Gasteiger partial charge in [-0.25, -0.2) is 4.79 Å². The molecule has 2 heterocycles. The standard InChI is InChI=1S/C15H15NO6S/c1-20-15(19)11-5-4-10(22-11)9-21-13(17)6-7-16-14(18)12-3-2-8-23-12/h2-5,8H,6-7,9H2,1H3,(H,16,18). The minimum Gasteiger partial charge on any atom is -0.463 e. The Balaban J connectivity index is 1.68. The Hall–Kier alpha value is -2.61. The third kappa shape index (κ3) is 4.96. The average molecular weight is 337 g/mol. The molecule has 2 rings (SSSR count). The van der Waals surface area contributed by atoms with Gasteiger partial charge >= 0.3 is 11.9 Å². The lowest BCUT2D eigenvalue weighted by atomic mass is 10.4. The van der Waals surface area contributed by atoms with E-state index in [0.717, 1.165) is 0 Å². The van der Waals surface area contributed by atoms with Crippen molar-refractivity contribution in [3.63, 3.8) is 0 Å². The number of amides is 1. The van der Waals surface area contributed by atoms with Gasteiger partial charge in [0, 0.05) is 6.54 Å². The number of esters is 2. The molecule has 0 aromatic carbocycles. The summed E-state index contributed by atoms with van der Waals surface area (Å²) in [4.78, 5) is 35.0. The van der Waals surface area contributed by atoms with Crippen molar-refractivity contribution in [1.29, 1.82) is 0 Å². The lowest BCUT2D eigenvalue weighted by molar-refractivity contribution is -0.145. The van der Waals surface area contributed by atoms with Crippen LogP contribution < -0.4 is 5.32 Å². The van der Waals surface area contributed by atoms with Crippen molar-refractivity contribution in [2.45, 2.75) is 13.0 Å². The third-order valence-corrected chi connectivity index (χ3v) is 3.65. The molecule has 0 aliphatic carbocycles. The zero-order valence-electron chi connectivity index (χ0n) is 12.4. The Morgan fingerprint density at radius 1 is 1.26 bits per heavy atom. The van der Waals surface area contributed by atoms with Gasteiger partial charge in [-0.2, -0.15) is 0 Å². The highest BCUT2D eigenvalue weighted by Crippen LogP contribution is 2.10. The number of furan rings is 1. The van der Waals surface area contributed by atoms with E-state index in [9.17, 15) is 14.4 Å². The van der Waals surface area contributed by atoms with Gasteiger partial charge in [-0.15, -0.1) is 11.3 Å². The number of hydrogen-bond donors (Lipinski definition) is 1. The number of thiophene rings is 1. The monoisotopic (exact) mass is 337 g/mol. The van der Waals surface area contributed by atoms with Crippen molar-refractivity contribution < 1.29 is 28.3 Å². The third-order valence-electron chi connectivity index (χ3n) is 2.78. The van der Waals surface area contributed by atoms with Gasteiger partial charge in [-0.05, 0) is 23.6 Å². The topological polar surface area (TPSA) is 94.8 Å². The maximum atomic E-state index is 11.7. The van der Waals surface area contributed by atoms with Crippen molar-refractivity contribution >= 4 is 29.2 Å². The molecule has 0 aliphatic heterocycles. The van der Waals surface area contributed by atoms with Crippen molar-refractivity contribution in [2.75, 3.05) is 13.7 Å². The average Bonchev–Trinajstić information content (AvgIpc) is 3.23. The van der Waals surface area contributed by atoms with Gasteiger partial charge in [0.2, 0.25) is 5.76 Å². The number of rotatable bonds is 7. The highest BCUT2D eigenvalue weighted by atomic mass is 32.1. The number of nitrogens with one attached hydrogen (secondary N) is 1. The fourth-order valence-electron chi connectivity index (χ4n) is 1.66. The first-order chi connectivity index (χ1) is 11.1. The predicted molar refractivity (Wildman–Crippen MR) is 81.1 cm³/mol. The summed E-state index contributed by atoms with van der Waals surface area (Å²) < 4.78 is 14.7. The lowest BCUT2D eigenvalue weighted by Gasteiger charge is -2.04. The molecule has 2 aromatic rings. The van der Waals surface area contributed by atoms with Gasteiger partial charge < -0.3 is 19.2 Å². The van der Waals surface area contributed by atoms with Crippen LogP contribution >= 0.6 is 11.3 Å². The molecule has 0 bridgehead atoms. The van der Waals surface area contributed by atoms with Crippen molar-refractivity contribution in [1.82, 2.24) is 5.32 Å². The molecule has 0 aliphatic rings. The fourth-order valence-corrected chi connectivity index (χ4v) is 2.30. The molecule has 2 aromatic heterocycles. The normalized spacial score (nSPS) is 10.1. The first kappa shape index (κ1) is 16.8. The summed E-state index contributed by atoms with van der Waals surface area (Å²) in [6, 6.07) is 6.45. The zero-order valence-corrected chi connectivity index (χ0v) is 13.2. The molecule has 7 nitrogen and oxygen atoms in total. The molecule has 8 heteroatoms. The van der Waals surface area contributed by atoms with E-state index in [1.165, 1.54) is 30.6 Å². The van der Waals surface area contributed by atoms with Gasteiger partial charge in [-0.1, -0.05) is 6.07 Å². The molecule has 122 valence electrons. The molecule has 0 saturated carbocycles. The predicted octanol–water partition coefficient (Wildman–Crippen LogP) is 1.99. The van der Waals surface area contributed by atoms with Gasteiger partial charge in [-0.3, -0.25) is 9.59 Å². The minimum atomic E-state index is -0.598. The highest BCUT2D eigenvalue weighted by molar-refractivity contribution is 7.12. The van der Waals surface area contributed by atoms with Crippen molar-refractivity contribution in [3.05, 3.63) is 46.0 Å². The maximum Gasteiger partial charge on any atom is 0.373 e. The van der Waals surface area contributed by atoms with E-state index in [-0.39, 0.29) is 31.2 Å². The summed E-state index contributed by atoms with van der Waals surface area (Å²) in [6.45, 7) is 0.0931. The van der Waals surface area contributed by atoms with Crippen LogP contribution in [0.1, 0.15) is 32.4 Å². The number of methoxy groups -OCH3 is 1. The Morgan fingerprint density at radius 3 is 2.78 bits per heavy atom. The SMILES string of the molecule is COC(=O)c1ccc(COC(=O)CCNC(=O)c2cccs2)o1. The highest BCUT2D eigenvalue weighted by Gasteiger charge is 2.13. The van der Waals surface area contributed by atoms with Crippen LogP contribution in [0, 0.1) is 0 Å². The van der Waals surface area contributed by atoms with Crippen LogP contribution in [-0.4, -0.2) is 31.5 Å². The van der Waals surface area contributed by atoms with Crippen LogP contribution in [0.2, 0.25) is 0 Å². The summed E-state index contributed by atoms with van der Waals surface area (Å²) in [7, 11) is 1.25. The van der Waals surface area contributed by atoms with Gasteiger partial charge in [0.1, 0.15) is 12.4 Å². The van der Waals surface area contributed by atoms with E-state index in [1.807, 2.05) is 0 Å². The molecule has 23 heavy (non-hydrogen) atoms. The Bertz CT molecular complexity index is 676. The van der Waals surface area contributed by atoms with Gasteiger partial charge in [0.25, 0.3) is 5.91 Å². The van der Waals surface area contributed by atoms with Gasteiger partial charge in [0.05, 0.1) is 18.4 Å². The Kier molecular flexibility index (Phi) is 5.93. The second-order valence-corrected chi connectivity index (χ2v) is 5.35. The molecule has 0 radical (unpaired) electrons. The molecule has 0 saturated heterocycles. The molecule has 1 N–H and O–H groups in total. The molecule has 0 spiro atoms. The van der Waals surface area contributed by atoms with E-state index < -0.39 is 11.9 Å². The summed E-state index contributed by atoms with van der Waals surface area (Å²) in [5.74, 6) is -0.920. The van der Waals surface area contributed by atoms with Crippen LogP contribution in [0.4, 0.5) is 0 Å². The smallest absolute Gasteiger partial charge is 0.373 e. The van der Waals surface area contributed by atoms with E-state index in [4.69, 9.17) is 9.15 Å². The van der Waals surface area contributed by atoms with Crippen LogP contribution in [-0.2, 0) is 20.9 Å². The molecule has 1 amide bonds. The van der Waals surface area contributed by atoms with Crippen LogP contribution in [0.15, 0.2) is 34.1 Å². The molecular formula is C15H15NO6S. The Labute approximate surface area is 136 Å². The Morgan fingerprint density at radius 2 is 2.09 bits per heavy atom. The molecule has 0 unspecified atom stereocenters. The van der Waals surface area contributed by atoms with E-state index >= 15 is 0 Å². The van der Waals surface area contributed by atoms with Crippen LogP contribution in [0.5, 0.6) is 0 Å². The lowest BCUT2D eigenvalue weighted by Crippen LogP contribution is -2.25. The fraction of sp³-hybridized carbons (Fsp3) is 0.267. The first-order valence-corrected chi connectivity index (χ1v) is 7.62. The van der Waals surface area contributed by atoms with E-state index in [1.54, 1.807) is 17.5 Å². The van der Waals surface area contributed by atoms with Gasteiger partial charge in [0.15, 0.2) is 0 Å². The van der Waals surface area contributed by atoms with Crippen LogP contribution in [0.25, 0.3) is 0 Å². The summed E-state index contributed by atoms with van der Waals surface area (Å²) in [6.07, 6.45) is 0.0433. The molecule has 0 fully saturated rings. The van der Waals surface area contributed by atoms with E-state index in [2.05, 4.69) is 10.1 Å². The van der Waals surface area contributed by atoms with Crippen LogP contribution in [0.3, 0.4) is 0 Å². The second kappa shape index (κ2) is 8.14. The number of carbonyl (C=O) groups is 3. The largest absolute Gasteiger partial charge is 0.463 e. The maximum absolute atomic E-state index is 11.7. The molecular weight excluding hydrogens is 322 g/mol.